The van der Waals surface area contributed by atoms with Crippen LogP contribution >= 0.6 is 0 Å². The molecule has 4 heteroatoms. The highest BCUT2D eigenvalue weighted by molar-refractivity contribution is 5.30. The molecule has 0 aliphatic heterocycles. The number of anilines is 1. The summed E-state index contributed by atoms with van der Waals surface area (Å²) in [6.45, 7) is 12.0. The van der Waals surface area contributed by atoms with E-state index in [4.69, 9.17) is 4.74 Å². The predicted octanol–water partition coefficient (Wildman–Crippen LogP) is 2.39. The Morgan fingerprint density at radius 2 is 2.44 bits per heavy atom. The topological polar surface area (TPSA) is 39.1 Å². The van der Waals surface area contributed by atoms with Crippen LogP contribution in [0.4, 0.5) is 5.95 Å². The monoisotopic (exact) mass is 223 g/mol. The summed E-state index contributed by atoms with van der Waals surface area (Å²) in [5, 5.41) is 3.22. The van der Waals surface area contributed by atoms with E-state index in [9.17, 15) is 0 Å². The van der Waals surface area contributed by atoms with Crippen molar-refractivity contribution in [2.24, 2.45) is 0 Å². The molecule has 1 heterocycles. The van der Waals surface area contributed by atoms with Crippen molar-refractivity contribution < 1.29 is 4.74 Å². The number of aromatic nitrogens is 2. The van der Waals surface area contributed by atoms with Gasteiger partial charge in [0.05, 0.1) is 18.3 Å². The van der Waals surface area contributed by atoms with Gasteiger partial charge in [-0.15, -0.1) is 6.58 Å². The first-order valence-corrected chi connectivity index (χ1v) is 5.67. The van der Waals surface area contributed by atoms with Crippen LogP contribution in [0.1, 0.15) is 25.6 Å². The Balaban J connectivity index is 2.72. The minimum Gasteiger partial charge on any atom is -0.380 e. The third-order valence-corrected chi connectivity index (χ3v) is 2.30. The summed E-state index contributed by atoms with van der Waals surface area (Å²) in [5.41, 5.74) is 1.01. The van der Waals surface area contributed by atoms with Crippen LogP contribution in [-0.2, 0) is 4.74 Å². The van der Waals surface area contributed by atoms with E-state index in [2.05, 4.69) is 28.4 Å². The zero-order valence-electron chi connectivity index (χ0n) is 10.4. The maximum Gasteiger partial charge on any atom is 0.203 e. The molecule has 1 aromatic rings. The minimum atomic E-state index is 0.286. The molecule has 1 rings (SSSR count). The Morgan fingerprint density at radius 1 is 1.69 bits per heavy atom. The molecule has 0 amide bonds. The molecular weight excluding hydrogens is 202 g/mol. The van der Waals surface area contributed by atoms with Crippen molar-refractivity contribution in [3.05, 3.63) is 24.5 Å². The normalized spacial score (nSPS) is 12.4. The summed E-state index contributed by atoms with van der Waals surface area (Å²) in [5.74, 6) is 0.879. The van der Waals surface area contributed by atoms with E-state index >= 15 is 0 Å². The quantitative estimate of drug-likeness (QED) is 0.721. The molecule has 90 valence electrons. The van der Waals surface area contributed by atoms with Crippen LogP contribution in [0.5, 0.6) is 0 Å². The predicted molar refractivity (Wildman–Crippen MR) is 66.9 cm³/mol. The fraction of sp³-hybridized carbons (Fsp3) is 0.583. The second-order valence-electron chi connectivity index (χ2n) is 3.79. The van der Waals surface area contributed by atoms with Gasteiger partial charge in [-0.2, -0.15) is 0 Å². The van der Waals surface area contributed by atoms with E-state index in [1.807, 2.05) is 26.1 Å². The van der Waals surface area contributed by atoms with Crippen molar-refractivity contribution in [3.8, 4) is 0 Å². The molecule has 0 fully saturated rings. The standard InChI is InChI=1S/C12H21N3O/c1-5-7-13-12-14-10(3)8-15(12)11(4)9-16-6-2/h5,8,11H,1,6-7,9H2,2-4H3,(H,13,14). The Labute approximate surface area is 97.3 Å². The van der Waals surface area contributed by atoms with Crippen molar-refractivity contribution >= 4 is 5.95 Å². The van der Waals surface area contributed by atoms with Gasteiger partial charge in [0.25, 0.3) is 0 Å². The highest BCUT2D eigenvalue weighted by atomic mass is 16.5. The van der Waals surface area contributed by atoms with Gasteiger partial charge < -0.3 is 14.6 Å². The van der Waals surface area contributed by atoms with E-state index in [-0.39, 0.29) is 6.04 Å². The molecule has 0 saturated heterocycles. The van der Waals surface area contributed by atoms with Crippen molar-refractivity contribution in [1.29, 1.82) is 0 Å². The first-order chi connectivity index (χ1) is 7.69. The fourth-order valence-electron chi connectivity index (χ4n) is 1.52. The van der Waals surface area contributed by atoms with Gasteiger partial charge in [-0.3, -0.25) is 0 Å². The lowest BCUT2D eigenvalue weighted by molar-refractivity contribution is 0.119. The Morgan fingerprint density at radius 3 is 3.06 bits per heavy atom. The van der Waals surface area contributed by atoms with Crippen LogP contribution in [0.25, 0.3) is 0 Å². The van der Waals surface area contributed by atoms with Crippen LogP contribution in [0.3, 0.4) is 0 Å². The number of rotatable bonds is 7. The third kappa shape index (κ3) is 3.38. The van der Waals surface area contributed by atoms with Crippen molar-refractivity contribution in [2.45, 2.75) is 26.8 Å². The van der Waals surface area contributed by atoms with Crippen LogP contribution in [0.15, 0.2) is 18.9 Å². The molecule has 0 spiro atoms. The molecule has 0 radical (unpaired) electrons. The van der Waals surface area contributed by atoms with E-state index in [1.165, 1.54) is 0 Å². The lowest BCUT2D eigenvalue weighted by atomic mass is 10.3. The number of nitrogens with one attached hydrogen (secondary N) is 1. The lowest BCUT2D eigenvalue weighted by Crippen LogP contribution is -2.15. The number of aryl methyl sites for hydroxylation is 1. The maximum atomic E-state index is 5.42. The zero-order chi connectivity index (χ0) is 12.0. The van der Waals surface area contributed by atoms with Gasteiger partial charge >= 0.3 is 0 Å². The van der Waals surface area contributed by atoms with E-state index in [1.54, 1.807) is 0 Å². The van der Waals surface area contributed by atoms with Crippen LogP contribution in [0, 0.1) is 6.92 Å². The minimum absolute atomic E-state index is 0.286. The lowest BCUT2D eigenvalue weighted by Gasteiger charge is -2.16. The van der Waals surface area contributed by atoms with Crippen LogP contribution in [-0.4, -0.2) is 29.3 Å². The van der Waals surface area contributed by atoms with Crippen LogP contribution in [0.2, 0.25) is 0 Å². The maximum absolute atomic E-state index is 5.42. The van der Waals surface area contributed by atoms with Crippen molar-refractivity contribution in [3.63, 3.8) is 0 Å². The zero-order valence-corrected chi connectivity index (χ0v) is 10.4. The summed E-state index contributed by atoms with van der Waals surface area (Å²) < 4.78 is 7.53. The molecule has 16 heavy (non-hydrogen) atoms. The van der Waals surface area contributed by atoms with Crippen molar-refractivity contribution in [2.75, 3.05) is 25.1 Å². The van der Waals surface area contributed by atoms with Gasteiger partial charge in [0.1, 0.15) is 0 Å². The number of hydrogen-bond acceptors (Lipinski definition) is 3. The number of ether oxygens (including phenoxy) is 1. The Hall–Kier alpha value is -1.29. The molecule has 0 saturated carbocycles. The molecule has 0 aromatic carbocycles. The molecule has 0 bridgehead atoms. The smallest absolute Gasteiger partial charge is 0.203 e. The molecule has 0 aliphatic carbocycles. The van der Waals surface area contributed by atoms with Crippen LogP contribution < -0.4 is 5.32 Å². The molecule has 1 aromatic heterocycles. The van der Waals surface area contributed by atoms with Gasteiger partial charge in [0.15, 0.2) is 0 Å². The molecule has 0 aliphatic rings. The Bertz CT molecular complexity index is 333. The molecular formula is C12H21N3O. The number of nitrogens with zero attached hydrogens (tertiary/aromatic N) is 2. The molecule has 1 N–H and O–H groups in total. The van der Waals surface area contributed by atoms with E-state index < -0.39 is 0 Å². The third-order valence-electron chi connectivity index (χ3n) is 2.30. The van der Waals surface area contributed by atoms with Gasteiger partial charge in [-0.25, -0.2) is 4.98 Å². The Kier molecular flexibility index (Phi) is 5.05. The second kappa shape index (κ2) is 6.33. The first-order valence-electron chi connectivity index (χ1n) is 5.67. The molecule has 4 nitrogen and oxygen atoms in total. The average Bonchev–Trinajstić information content (AvgIpc) is 2.64. The summed E-state index contributed by atoms with van der Waals surface area (Å²) in [4.78, 5) is 4.43. The highest BCUT2D eigenvalue weighted by Gasteiger charge is 2.11. The number of hydrogen-bond donors (Lipinski definition) is 1. The summed E-state index contributed by atoms with van der Waals surface area (Å²) in [6, 6.07) is 0.286. The van der Waals surface area contributed by atoms with Gasteiger partial charge in [0, 0.05) is 19.3 Å². The number of imidazole rings is 1. The largest absolute Gasteiger partial charge is 0.380 e. The van der Waals surface area contributed by atoms with Gasteiger partial charge in [-0.1, -0.05) is 6.08 Å². The van der Waals surface area contributed by atoms with Gasteiger partial charge in [-0.05, 0) is 20.8 Å². The van der Waals surface area contributed by atoms with E-state index in [0.29, 0.717) is 6.61 Å². The second-order valence-corrected chi connectivity index (χ2v) is 3.79. The summed E-state index contributed by atoms with van der Waals surface area (Å²) in [6.07, 6.45) is 3.86. The molecule has 1 atom stereocenters. The highest BCUT2D eigenvalue weighted by Crippen LogP contribution is 2.16. The molecule has 1 unspecified atom stereocenters. The summed E-state index contributed by atoms with van der Waals surface area (Å²) in [7, 11) is 0. The van der Waals surface area contributed by atoms with Crippen molar-refractivity contribution in [1.82, 2.24) is 9.55 Å². The fourth-order valence-corrected chi connectivity index (χ4v) is 1.52. The average molecular weight is 223 g/mol. The first kappa shape index (κ1) is 12.8. The summed E-state index contributed by atoms with van der Waals surface area (Å²) >= 11 is 0. The SMILES string of the molecule is C=CCNc1nc(C)cn1C(C)COCC. The van der Waals surface area contributed by atoms with Gasteiger partial charge in [0.2, 0.25) is 5.95 Å². The van der Waals surface area contributed by atoms with E-state index in [0.717, 1.165) is 24.8 Å².